The van der Waals surface area contributed by atoms with Gasteiger partial charge in [-0.1, -0.05) is 55.0 Å². The molecule has 0 saturated carbocycles. The smallest absolute Gasteiger partial charge is 0.376 e. The zero-order valence-corrected chi connectivity index (χ0v) is 27.1. The van der Waals surface area contributed by atoms with E-state index in [9.17, 15) is 35.9 Å². The van der Waals surface area contributed by atoms with Gasteiger partial charge in [0.2, 0.25) is 11.8 Å². The highest BCUT2D eigenvalue weighted by molar-refractivity contribution is 6.06. The summed E-state index contributed by atoms with van der Waals surface area (Å²) in [7, 11) is 0. The van der Waals surface area contributed by atoms with Gasteiger partial charge >= 0.3 is 12.4 Å². The quantitative estimate of drug-likeness (QED) is 0.133. The number of nitrogens with two attached hydrogens (primary N) is 1. The molecular formula is C37H41F6N3O3. The van der Waals surface area contributed by atoms with Crippen LogP contribution in [0.15, 0.2) is 72.8 Å². The van der Waals surface area contributed by atoms with Crippen molar-refractivity contribution in [3.05, 3.63) is 101 Å². The van der Waals surface area contributed by atoms with Gasteiger partial charge in [-0.25, -0.2) is 0 Å². The number of fused-ring (bicyclic) bond motifs is 1. The monoisotopic (exact) mass is 689 g/mol. The first kappa shape index (κ1) is 36.4. The number of halogens is 6. The number of nitrogens with one attached hydrogen (secondary N) is 1. The first-order chi connectivity index (χ1) is 23.2. The van der Waals surface area contributed by atoms with E-state index in [1.165, 1.54) is 0 Å². The molecule has 2 aliphatic heterocycles. The number of hydrogen-bond donors (Lipinski definition) is 2. The number of carbonyl (C=O) groups is 2. The number of primary amides is 1. The van der Waals surface area contributed by atoms with Crippen molar-refractivity contribution in [2.45, 2.75) is 81.2 Å². The van der Waals surface area contributed by atoms with E-state index >= 15 is 0 Å². The lowest BCUT2D eigenvalue weighted by Crippen LogP contribution is -2.45. The summed E-state index contributed by atoms with van der Waals surface area (Å²) in [6.07, 6.45) is -4.92. The van der Waals surface area contributed by atoms with E-state index in [0.717, 1.165) is 49.3 Å². The van der Waals surface area contributed by atoms with Gasteiger partial charge in [0, 0.05) is 17.5 Å². The number of piperidine rings is 1. The summed E-state index contributed by atoms with van der Waals surface area (Å²) in [5.74, 6) is -0.446. The number of rotatable bonds is 14. The van der Waals surface area contributed by atoms with Crippen LogP contribution in [0.5, 0.6) is 0 Å². The summed E-state index contributed by atoms with van der Waals surface area (Å²) in [6.45, 7) is 2.02. The molecule has 1 fully saturated rings. The van der Waals surface area contributed by atoms with Crippen molar-refractivity contribution in [1.29, 1.82) is 0 Å². The predicted octanol–water partition coefficient (Wildman–Crippen LogP) is 7.99. The van der Waals surface area contributed by atoms with Crippen molar-refractivity contribution < 1.29 is 40.7 Å². The summed E-state index contributed by atoms with van der Waals surface area (Å²) in [5, 5.41) is 3.01. The van der Waals surface area contributed by atoms with Crippen LogP contribution in [0.4, 0.5) is 32.0 Å². The van der Waals surface area contributed by atoms with Crippen molar-refractivity contribution in [2.24, 2.45) is 5.73 Å². The number of hydrogen-bond acceptors (Lipinski definition) is 4. The van der Waals surface area contributed by atoms with Crippen LogP contribution in [-0.2, 0) is 44.1 Å². The second-order valence-electron chi connectivity index (χ2n) is 13.3. The summed E-state index contributed by atoms with van der Waals surface area (Å²) in [5.41, 5.74) is 4.07. The van der Waals surface area contributed by atoms with E-state index in [-0.39, 0.29) is 37.2 Å². The van der Waals surface area contributed by atoms with E-state index < -0.39 is 40.2 Å². The van der Waals surface area contributed by atoms with Crippen LogP contribution in [0.2, 0.25) is 0 Å². The first-order valence-electron chi connectivity index (χ1n) is 16.6. The maximum atomic E-state index is 13.4. The number of carbonyl (C=O) groups excluding carboxylic acids is 2. The molecule has 5 rings (SSSR count). The van der Waals surface area contributed by atoms with Gasteiger partial charge in [-0.15, -0.1) is 0 Å². The lowest BCUT2D eigenvalue weighted by molar-refractivity contribution is -0.143. The average molecular weight is 690 g/mol. The third-order valence-electron chi connectivity index (χ3n) is 9.97. The van der Waals surface area contributed by atoms with Gasteiger partial charge in [0.25, 0.3) is 0 Å². The Labute approximate surface area is 282 Å². The van der Waals surface area contributed by atoms with Crippen LogP contribution in [0.1, 0.15) is 79.2 Å². The zero-order valence-electron chi connectivity index (χ0n) is 27.1. The molecule has 1 atom stereocenters. The third kappa shape index (κ3) is 8.64. The van der Waals surface area contributed by atoms with Crippen molar-refractivity contribution in [3.8, 4) is 0 Å². The Kier molecular flexibility index (Phi) is 11.1. The van der Waals surface area contributed by atoms with Crippen molar-refractivity contribution in [1.82, 2.24) is 4.90 Å². The highest BCUT2D eigenvalue weighted by atomic mass is 19.4. The number of likely N-dealkylation sites (tertiary alicyclic amines) is 1. The third-order valence-corrected chi connectivity index (χ3v) is 9.97. The number of ether oxygens (including phenoxy) is 1. The highest BCUT2D eigenvalue weighted by Crippen LogP contribution is 2.45. The van der Waals surface area contributed by atoms with Gasteiger partial charge < -0.3 is 20.7 Å². The SMILES string of the molecule is NC(=O)CCCC1(CCCCN2CCC(COCc3cc(C(F)(F)F)cc(C(F)(F)F)c3)(c3ccccc3)CC2)C(=O)Nc2ccccc21. The second-order valence-corrected chi connectivity index (χ2v) is 13.3. The molecular weight excluding hydrogens is 648 g/mol. The predicted molar refractivity (Wildman–Crippen MR) is 174 cm³/mol. The molecule has 0 bridgehead atoms. The van der Waals surface area contributed by atoms with E-state index in [2.05, 4.69) is 10.2 Å². The molecule has 1 unspecified atom stereocenters. The van der Waals surface area contributed by atoms with Gasteiger partial charge in [0.05, 0.1) is 29.8 Å². The molecule has 3 N–H and O–H groups in total. The molecule has 2 heterocycles. The number of anilines is 1. The molecule has 2 amide bonds. The Morgan fingerprint density at radius 3 is 2.08 bits per heavy atom. The van der Waals surface area contributed by atoms with E-state index in [1.54, 1.807) is 0 Å². The Bertz CT molecular complexity index is 1570. The fourth-order valence-corrected chi connectivity index (χ4v) is 7.30. The van der Waals surface area contributed by atoms with Crippen LogP contribution < -0.4 is 11.1 Å². The number of benzene rings is 3. The van der Waals surface area contributed by atoms with Gasteiger partial charge in [0.1, 0.15) is 0 Å². The molecule has 3 aromatic rings. The van der Waals surface area contributed by atoms with Crippen molar-refractivity contribution >= 4 is 17.5 Å². The van der Waals surface area contributed by atoms with Crippen LogP contribution >= 0.6 is 0 Å². The lowest BCUT2D eigenvalue weighted by atomic mass is 9.73. The van der Waals surface area contributed by atoms with Crippen molar-refractivity contribution in [2.75, 3.05) is 31.6 Å². The van der Waals surface area contributed by atoms with E-state index in [4.69, 9.17) is 10.5 Å². The summed E-state index contributed by atoms with van der Waals surface area (Å²) in [6, 6.07) is 18.8. The van der Waals surface area contributed by atoms with E-state index in [0.29, 0.717) is 44.2 Å². The van der Waals surface area contributed by atoms with Crippen LogP contribution in [0, 0.1) is 0 Å². The molecule has 1 saturated heterocycles. The van der Waals surface area contributed by atoms with Gasteiger partial charge in [-0.05, 0) is 99.1 Å². The summed E-state index contributed by atoms with van der Waals surface area (Å²) >= 11 is 0. The Hall–Kier alpha value is -3.90. The molecule has 0 spiro atoms. The topological polar surface area (TPSA) is 84.7 Å². The van der Waals surface area contributed by atoms with Crippen molar-refractivity contribution in [3.63, 3.8) is 0 Å². The largest absolute Gasteiger partial charge is 0.416 e. The second kappa shape index (κ2) is 14.9. The molecule has 6 nitrogen and oxygen atoms in total. The Balaban J connectivity index is 1.20. The molecule has 264 valence electrons. The minimum absolute atomic E-state index is 0.0523. The minimum Gasteiger partial charge on any atom is -0.376 e. The summed E-state index contributed by atoms with van der Waals surface area (Å²) in [4.78, 5) is 27.0. The van der Waals surface area contributed by atoms with Crippen LogP contribution in [0.3, 0.4) is 0 Å². The molecule has 0 radical (unpaired) electrons. The van der Waals surface area contributed by atoms with Gasteiger partial charge in [-0.2, -0.15) is 26.3 Å². The number of nitrogens with zero attached hydrogens (tertiary/aromatic N) is 1. The van der Waals surface area contributed by atoms with Gasteiger partial charge in [0.15, 0.2) is 0 Å². The standard InChI is InChI=1S/C37H41F6N3O3/c38-36(39,40)28-21-26(22-29(23-28)37(41,42)43)24-49-25-34(27-9-2-1-3-10-27)16-19-46(20-17-34)18-7-6-14-35(15-8-13-32(44)47)30-11-4-5-12-31(30)45-33(35)48/h1-5,9-12,21-23H,6-8,13-20,24-25H2,(H2,44,47)(H,45,48). The fraction of sp³-hybridized carbons (Fsp3) is 0.459. The normalized spacial score (nSPS) is 19.4. The molecule has 2 aliphatic rings. The lowest BCUT2D eigenvalue weighted by Gasteiger charge is -2.42. The average Bonchev–Trinajstić information content (AvgIpc) is 3.33. The minimum atomic E-state index is -4.92. The highest BCUT2D eigenvalue weighted by Gasteiger charge is 2.45. The molecule has 0 aromatic heterocycles. The number of amides is 2. The van der Waals surface area contributed by atoms with Crippen LogP contribution in [0.25, 0.3) is 0 Å². The Morgan fingerprint density at radius 2 is 1.45 bits per heavy atom. The van der Waals surface area contributed by atoms with Crippen LogP contribution in [-0.4, -0.2) is 43.0 Å². The molecule has 12 heteroatoms. The number of alkyl halides is 6. The molecule has 49 heavy (non-hydrogen) atoms. The molecule has 3 aromatic carbocycles. The Morgan fingerprint density at radius 1 is 0.837 bits per heavy atom. The number of unbranched alkanes of at least 4 members (excludes halogenated alkanes) is 1. The van der Waals surface area contributed by atoms with Gasteiger partial charge in [-0.3, -0.25) is 9.59 Å². The fourth-order valence-electron chi connectivity index (χ4n) is 7.30. The maximum absolute atomic E-state index is 13.4. The first-order valence-corrected chi connectivity index (χ1v) is 16.6. The number of para-hydroxylation sites is 1. The maximum Gasteiger partial charge on any atom is 0.416 e. The molecule has 0 aliphatic carbocycles. The summed E-state index contributed by atoms with van der Waals surface area (Å²) < 4.78 is 86.2. The zero-order chi connectivity index (χ0) is 35.3. The van der Waals surface area contributed by atoms with E-state index in [1.807, 2.05) is 54.6 Å².